The number of amides is 1. The fourth-order valence-corrected chi connectivity index (χ4v) is 7.23. The van der Waals surface area contributed by atoms with Crippen LogP contribution in [0.2, 0.25) is 5.02 Å². The van der Waals surface area contributed by atoms with Crippen LogP contribution in [0.1, 0.15) is 98.6 Å². The van der Waals surface area contributed by atoms with Gasteiger partial charge in [0.05, 0.1) is 34.6 Å². The summed E-state index contributed by atoms with van der Waals surface area (Å²) in [5.74, 6) is 1.13. The highest BCUT2D eigenvalue weighted by atomic mass is 35.5. The summed E-state index contributed by atoms with van der Waals surface area (Å²) in [4.78, 5) is 27.5. The van der Waals surface area contributed by atoms with Crippen molar-refractivity contribution in [1.82, 2.24) is 29.5 Å². The van der Waals surface area contributed by atoms with Gasteiger partial charge in [-0.3, -0.25) is 14.3 Å². The third-order valence-corrected chi connectivity index (χ3v) is 9.27. The van der Waals surface area contributed by atoms with Crippen molar-refractivity contribution in [2.75, 3.05) is 6.54 Å². The molecule has 8 nitrogen and oxygen atoms in total. The summed E-state index contributed by atoms with van der Waals surface area (Å²) in [5.41, 5.74) is 2.91. The van der Waals surface area contributed by atoms with Crippen LogP contribution in [0.4, 0.5) is 0 Å². The summed E-state index contributed by atoms with van der Waals surface area (Å²) in [6.45, 7) is 1.40. The van der Waals surface area contributed by atoms with Gasteiger partial charge in [-0.2, -0.15) is 4.98 Å². The molecule has 2 aromatic heterocycles. The number of hydrogen-bond donors (Lipinski definition) is 0. The zero-order valence-electron chi connectivity index (χ0n) is 21.1. The van der Waals surface area contributed by atoms with Crippen molar-refractivity contribution in [3.8, 4) is 17.2 Å². The summed E-state index contributed by atoms with van der Waals surface area (Å²) >= 11 is 6.49. The average Bonchev–Trinajstić information content (AvgIpc) is 3.53. The first kappa shape index (κ1) is 23.4. The van der Waals surface area contributed by atoms with Gasteiger partial charge in [-0.25, -0.2) is 4.98 Å². The van der Waals surface area contributed by atoms with Crippen LogP contribution in [0.25, 0.3) is 17.2 Å². The Hall–Kier alpha value is -2.71. The molecular weight excluding hydrogens is 488 g/mol. The fraction of sp³-hybridized carbons (Fsp3) is 0.571. The zero-order valence-corrected chi connectivity index (χ0v) is 21.9. The Balaban J connectivity index is 1.22. The number of rotatable bonds is 5. The molecule has 194 valence electrons. The largest absolute Gasteiger partial charge is 0.337 e. The molecule has 0 bridgehead atoms. The van der Waals surface area contributed by atoms with Gasteiger partial charge in [0.15, 0.2) is 0 Å². The van der Waals surface area contributed by atoms with Gasteiger partial charge in [0.1, 0.15) is 12.0 Å². The Bertz CT molecular complexity index is 1290. The average molecular weight is 521 g/mol. The Labute approximate surface area is 222 Å². The van der Waals surface area contributed by atoms with E-state index in [1.54, 1.807) is 12.4 Å². The molecule has 2 saturated carbocycles. The molecule has 4 heterocycles. The molecule has 1 amide bonds. The molecule has 7 rings (SSSR count). The predicted octanol–water partition coefficient (Wildman–Crippen LogP) is 5.94. The summed E-state index contributed by atoms with van der Waals surface area (Å²) in [7, 11) is 0. The monoisotopic (exact) mass is 520 g/mol. The van der Waals surface area contributed by atoms with E-state index in [1.165, 1.54) is 64.2 Å². The van der Waals surface area contributed by atoms with E-state index in [1.807, 2.05) is 21.6 Å². The number of benzene rings is 1. The summed E-state index contributed by atoms with van der Waals surface area (Å²) in [6, 6.07) is 6.70. The van der Waals surface area contributed by atoms with Crippen LogP contribution in [0.5, 0.6) is 0 Å². The molecule has 1 saturated heterocycles. The Morgan fingerprint density at radius 1 is 1.00 bits per heavy atom. The standard InChI is InChI=1S/C28H33ClN6O2/c29-20-12-7-13-21-24(20)28(36)33-15-14-22(33)26-25(30-17-35(21)26)27-31-23(37-32-27)16-34(18-8-3-1-4-9-18)19-10-5-2-6-11-19/h7,12-13,17-19,22H,1-6,8-11,14-16H2/t22-/m0/s1. The van der Waals surface area contributed by atoms with E-state index in [0.29, 0.717) is 53.2 Å². The predicted molar refractivity (Wildman–Crippen MR) is 140 cm³/mol. The SMILES string of the molecule is O=C1c2c(Cl)cccc2-n2cnc(-c3noc(CN(C4CCCCC4)C4CCCCC4)n3)c2[C@@H]2CCN12. The van der Waals surface area contributed by atoms with Crippen molar-refractivity contribution in [2.24, 2.45) is 0 Å². The highest BCUT2D eigenvalue weighted by Crippen LogP contribution is 2.44. The van der Waals surface area contributed by atoms with E-state index >= 15 is 0 Å². The first-order valence-corrected chi connectivity index (χ1v) is 14.3. The molecule has 4 aliphatic rings. The van der Waals surface area contributed by atoms with Crippen molar-refractivity contribution >= 4 is 17.5 Å². The third kappa shape index (κ3) is 4.00. The van der Waals surface area contributed by atoms with Gasteiger partial charge < -0.3 is 9.42 Å². The lowest BCUT2D eigenvalue weighted by atomic mass is 9.88. The van der Waals surface area contributed by atoms with Crippen molar-refractivity contribution in [1.29, 1.82) is 0 Å². The highest BCUT2D eigenvalue weighted by Gasteiger charge is 2.43. The number of carbonyl (C=O) groups is 1. The van der Waals surface area contributed by atoms with Crippen LogP contribution in [-0.4, -0.2) is 54.0 Å². The maximum Gasteiger partial charge on any atom is 0.258 e. The molecule has 2 aliphatic carbocycles. The van der Waals surface area contributed by atoms with Gasteiger partial charge in [0, 0.05) is 18.6 Å². The maximum atomic E-state index is 13.3. The first-order valence-electron chi connectivity index (χ1n) is 13.9. The van der Waals surface area contributed by atoms with E-state index < -0.39 is 0 Å². The number of halogens is 1. The molecule has 0 spiro atoms. The maximum absolute atomic E-state index is 13.3. The zero-order chi connectivity index (χ0) is 24.9. The topological polar surface area (TPSA) is 80.3 Å². The number of hydrogen-bond acceptors (Lipinski definition) is 6. The summed E-state index contributed by atoms with van der Waals surface area (Å²) in [6.07, 6.45) is 15.6. The minimum absolute atomic E-state index is 0.0316. The Morgan fingerprint density at radius 3 is 2.41 bits per heavy atom. The molecule has 1 aromatic carbocycles. The second-order valence-electron chi connectivity index (χ2n) is 11.1. The van der Waals surface area contributed by atoms with Gasteiger partial charge in [0.25, 0.3) is 5.91 Å². The Kier molecular flexibility index (Phi) is 6.04. The molecule has 0 radical (unpaired) electrons. The second-order valence-corrected chi connectivity index (χ2v) is 11.5. The van der Waals surface area contributed by atoms with Gasteiger partial charge in [0.2, 0.25) is 11.7 Å². The van der Waals surface area contributed by atoms with Gasteiger partial charge in [-0.1, -0.05) is 61.3 Å². The van der Waals surface area contributed by atoms with Gasteiger partial charge >= 0.3 is 0 Å². The van der Waals surface area contributed by atoms with Crippen LogP contribution >= 0.6 is 11.6 Å². The van der Waals surface area contributed by atoms with E-state index in [-0.39, 0.29) is 11.9 Å². The van der Waals surface area contributed by atoms with E-state index in [2.05, 4.69) is 10.1 Å². The number of carbonyl (C=O) groups excluding carboxylic acids is 1. The number of imidazole rings is 1. The van der Waals surface area contributed by atoms with Crippen LogP contribution in [0.3, 0.4) is 0 Å². The van der Waals surface area contributed by atoms with Crippen LogP contribution in [0.15, 0.2) is 29.0 Å². The van der Waals surface area contributed by atoms with Crippen LogP contribution < -0.4 is 0 Å². The molecule has 2 aliphatic heterocycles. The third-order valence-electron chi connectivity index (χ3n) is 8.95. The van der Waals surface area contributed by atoms with Gasteiger partial charge in [-0.05, 0) is 44.2 Å². The summed E-state index contributed by atoms with van der Waals surface area (Å²) < 4.78 is 7.85. The molecule has 37 heavy (non-hydrogen) atoms. The Morgan fingerprint density at radius 2 is 1.73 bits per heavy atom. The number of aromatic nitrogens is 4. The van der Waals surface area contributed by atoms with Crippen molar-refractivity contribution < 1.29 is 9.32 Å². The number of fused-ring (bicyclic) bond motifs is 5. The minimum atomic E-state index is -0.0728. The quantitative estimate of drug-likeness (QED) is 0.414. The first-order chi connectivity index (χ1) is 18.2. The molecule has 3 fully saturated rings. The van der Waals surface area contributed by atoms with Gasteiger partial charge in [-0.15, -0.1) is 0 Å². The lowest BCUT2D eigenvalue weighted by Crippen LogP contribution is -2.44. The van der Waals surface area contributed by atoms with Crippen molar-refractivity contribution in [3.63, 3.8) is 0 Å². The molecule has 3 aromatic rings. The van der Waals surface area contributed by atoms with Crippen molar-refractivity contribution in [2.45, 2.75) is 95.3 Å². The lowest BCUT2D eigenvalue weighted by Gasteiger charge is -2.40. The van der Waals surface area contributed by atoms with E-state index in [4.69, 9.17) is 26.1 Å². The number of nitrogens with zero attached hydrogens (tertiary/aromatic N) is 6. The normalized spacial score (nSPS) is 22.4. The fourth-order valence-electron chi connectivity index (χ4n) is 6.98. The minimum Gasteiger partial charge on any atom is -0.337 e. The lowest BCUT2D eigenvalue weighted by molar-refractivity contribution is 0.0461. The van der Waals surface area contributed by atoms with Crippen LogP contribution in [-0.2, 0) is 6.54 Å². The highest BCUT2D eigenvalue weighted by molar-refractivity contribution is 6.34. The molecule has 0 N–H and O–H groups in total. The summed E-state index contributed by atoms with van der Waals surface area (Å²) in [5, 5.41) is 4.86. The molecule has 0 unspecified atom stereocenters. The smallest absolute Gasteiger partial charge is 0.258 e. The molecule has 9 heteroatoms. The van der Waals surface area contributed by atoms with E-state index in [9.17, 15) is 4.79 Å². The molecular formula is C28H33ClN6O2. The van der Waals surface area contributed by atoms with E-state index in [0.717, 1.165) is 17.8 Å². The van der Waals surface area contributed by atoms with Crippen molar-refractivity contribution in [3.05, 3.63) is 46.7 Å². The molecule has 1 atom stereocenters. The van der Waals surface area contributed by atoms with Crippen LogP contribution in [0, 0.1) is 0 Å². The second kappa shape index (κ2) is 9.55.